The van der Waals surface area contributed by atoms with Gasteiger partial charge < -0.3 is 4.74 Å². The van der Waals surface area contributed by atoms with Crippen molar-refractivity contribution in [2.45, 2.75) is 19.9 Å². The fourth-order valence-electron chi connectivity index (χ4n) is 3.26. The molecule has 0 spiro atoms. The molecule has 1 atom stereocenters. The number of fused-ring (bicyclic) bond motifs is 1. The minimum Gasteiger partial charge on any atom is -0.463 e. The highest BCUT2D eigenvalue weighted by Gasteiger charge is 2.33. The summed E-state index contributed by atoms with van der Waals surface area (Å²) in [6.07, 6.45) is 1.64. The fourth-order valence-corrected chi connectivity index (χ4v) is 5.13. The predicted octanol–water partition coefficient (Wildman–Crippen LogP) is 3.00. The van der Waals surface area contributed by atoms with E-state index in [-0.39, 0.29) is 18.0 Å². The Bertz CT molecular complexity index is 1290. The molecule has 4 rings (SSSR count). The number of hydrogen-bond acceptors (Lipinski definition) is 6. The Morgan fingerprint density at radius 3 is 2.86 bits per heavy atom. The number of carbonyl (C=O) groups is 1. The summed E-state index contributed by atoms with van der Waals surface area (Å²) in [6.45, 7) is 3.72. The molecule has 0 saturated carbocycles. The first-order chi connectivity index (χ1) is 14.0. The first-order valence-electron chi connectivity index (χ1n) is 8.98. The quantitative estimate of drug-likeness (QED) is 0.601. The summed E-state index contributed by atoms with van der Waals surface area (Å²) >= 11 is 2.68. The summed E-state index contributed by atoms with van der Waals surface area (Å²) in [5, 5.41) is 1.90. The van der Waals surface area contributed by atoms with Crippen LogP contribution in [-0.4, -0.2) is 17.1 Å². The molecule has 1 aromatic carbocycles. The zero-order valence-corrected chi connectivity index (χ0v) is 17.3. The Kier molecular flexibility index (Phi) is 5.29. The third kappa shape index (κ3) is 3.61. The molecule has 0 amide bonds. The minimum absolute atomic E-state index is 0.233. The van der Waals surface area contributed by atoms with E-state index in [1.807, 2.05) is 17.5 Å². The van der Waals surface area contributed by atoms with Crippen LogP contribution in [0.4, 0.5) is 4.39 Å². The van der Waals surface area contributed by atoms with Crippen LogP contribution >= 0.6 is 22.7 Å². The largest absolute Gasteiger partial charge is 0.463 e. The van der Waals surface area contributed by atoms with Crippen molar-refractivity contribution in [1.82, 2.24) is 4.57 Å². The second kappa shape index (κ2) is 7.88. The monoisotopic (exact) mass is 428 g/mol. The van der Waals surface area contributed by atoms with Crippen molar-refractivity contribution in [1.29, 1.82) is 0 Å². The third-order valence-electron chi connectivity index (χ3n) is 4.48. The normalized spacial score (nSPS) is 16.5. The number of aromatic nitrogens is 1. The molecule has 3 heterocycles. The predicted molar refractivity (Wildman–Crippen MR) is 111 cm³/mol. The topological polar surface area (TPSA) is 60.7 Å². The Balaban J connectivity index is 1.94. The number of carbonyl (C=O) groups excluding carboxylic acids is 1. The van der Waals surface area contributed by atoms with E-state index in [0.29, 0.717) is 26.2 Å². The molecule has 0 aliphatic carbocycles. The SMILES string of the molecule is CCOC(=O)C1=C(C)N=c2s/c(=C\c3cccc(F)c3)c(=O)n2[C@H]1c1cccs1. The maximum Gasteiger partial charge on any atom is 0.338 e. The van der Waals surface area contributed by atoms with Crippen LogP contribution in [0.25, 0.3) is 6.08 Å². The number of ether oxygens (including phenoxy) is 1. The lowest BCUT2D eigenvalue weighted by molar-refractivity contribution is -0.139. The standard InChI is InChI=1S/C21H17FN2O3S2/c1-3-27-20(26)17-12(2)23-21-24(18(17)15-8-5-9-28-15)19(25)16(29-21)11-13-6-4-7-14(22)10-13/h4-11,18H,3H2,1-2H3/b16-11-/t18-/m0/s1. The van der Waals surface area contributed by atoms with Crippen molar-refractivity contribution >= 4 is 34.7 Å². The van der Waals surface area contributed by atoms with Gasteiger partial charge in [0.15, 0.2) is 4.80 Å². The fraction of sp³-hybridized carbons (Fsp3) is 0.190. The van der Waals surface area contributed by atoms with Crippen molar-refractivity contribution in [3.05, 3.63) is 89.0 Å². The number of allylic oxidation sites excluding steroid dienone is 1. The van der Waals surface area contributed by atoms with Crippen molar-refractivity contribution < 1.29 is 13.9 Å². The number of rotatable bonds is 4. The highest BCUT2D eigenvalue weighted by Crippen LogP contribution is 2.33. The highest BCUT2D eigenvalue weighted by atomic mass is 32.1. The molecule has 0 N–H and O–H groups in total. The number of halogens is 1. The van der Waals surface area contributed by atoms with Crippen LogP contribution in [0.1, 0.15) is 30.3 Å². The van der Waals surface area contributed by atoms with Gasteiger partial charge in [-0.2, -0.15) is 0 Å². The molecule has 3 aromatic rings. The van der Waals surface area contributed by atoms with Crippen molar-refractivity contribution in [2.75, 3.05) is 6.61 Å². The van der Waals surface area contributed by atoms with Crippen LogP contribution in [0.5, 0.6) is 0 Å². The molecule has 148 valence electrons. The lowest BCUT2D eigenvalue weighted by atomic mass is 10.0. The molecular formula is C21H17FN2O3S2. The van der Waals surface area contributed by atoms with E-state index < -0.39 is 12.0 Å². The number of thiazole rings is 1. The van der Waals surface area contributed by atoms with Crippen molar-refractivity contribution in [2.24, 2.45) is 4.99 Å². The Labute approximate surface area is 173 Å². The van der Waals surface area contributed by atoms with Crippen molar-refractivity contribution in [3.63, 3.8) is 0 Å². The number of hydrogen-bond donors (Lipinski definition) is 0. The van der Waals surface area contributed by atoms with Crippen LogP contribution in [0, 0.1) is 5.82 Å². The summed E-state index contributed by atoms with van der Waals surface area (Å²) in [5.74, 6) is -0.852. The molecular weight excluding hydrogens is 411 g/mol. The summed E-state index contributed by atoms with van der Waals surface area (Å²) in [4.78, 5) is 31.8. The van der Waals surface area contributed by atoms with Gasteiger partial charge in [-0.1, -0.05) is 29.5 Å². The lowest BCUT2D eigenvalue weighted by Gasteiger charge is -2.23. The van der Waals surface area contributed by atoms with Crippen LogP contribution in [0.15, 0.2) is 62.8 Å². The van der Waals surface area contributed by atoms with E-state index in [1.54, 1.807) is 32.1 Å². The van der Waals surface area contributed by atoms with Gasteiger partial charge in [-0.05, 0) is 49.1 Å². The first-order valence-corrected chi connectivity index (χ1v) is 10.7. The number of nitrogens with zero attached hydrogens (tertiary/aromatic N) is 2. The van der Waals surface area contributed by atoms with E-state index in [9.17, 15) is 14.0 Å². The maximum absolute atomic E-state index is 13.5. The summed E-state index contributed by atoms with van der Waals surface area (Å²) < 4.78 is 20.7. The van der Waals surface area contributed by atoms with E-state index in [4.69, 9.17) is 4.74 Å². The molecule has 0 saturated heterocycles. The number of esters is 1. The first kappa shape index (κ1) is 19.5. The van der Waals surface area contributed by atoms with Gasteiger partial charge in [0.25, 0.3) is 5.56 Å². The van der Waals surface area contributed by atoms with Crippen LogP contribution in [0.2, 0.25) is 0 Å². The molecule has 0 fully saturated rings. The smallest absolute Gasteiger partial charge is 0.338 e. The average molecular weight is 429 g/mol. The second-order valence-corrected chi connectivity index (χ2v) is 8.36. The van der Waals surface area contributed by atoms with Gasteiger partial charge in [-0.25, -0.2) is 14.2 Å². The van der Waals surface area contributed by atoms with E-state index >= 15 is 0 Å². The molecule has 29 heavy (non-hydrogen) atoms. The molecule has 8 heteroatoms. The van der Waals surface area contributed by atoms with Gasteiger partial charge in [0.05, 0.1) is 22.4 Å². The van der Waals surface area contributed by atoms with Crippen LogP contribution in [-0.2, 0) is 9.53 Å². The molecule has 1 aliphatic heterocycles. The lowest BCUT2D eigenvalue weighted by Crippen LogP contribution is -2.39. The molecule has 0 bridgehead atoms. The van der Waals surface area contributed by atoms with Gasteiger partial charge in [0.2, 0.25) is 0 Å². The van der Waals surface area contributed by atoms with Gasteiger partial charge >= 0.3 is 5.97 Å². The second-order valence-electron chi connectivity index (χ2n) is 6.37. The molecule has 0 radical (unpaired) electrons. The summed E-state index contributed by atoms with van der Waals surface area (Å²) in [5.41, 5.74) is 1.20. The van der Waals surface area contributed by atoms with Crippen LogP contribution < -0.4 is 14.9 Å². The molecule has 5 nitrogen and oxygen atoms in total. The van der Waals surface area contributed by atoms with Gasteiger partial charge in [0.1, 0.15) is 11.9 Å². The number of thiophene rings is 1. The van der Waals surface area contributed by atoms with Crippen LogP contribution in [0.3, 0.4) is 0 Å². The minimum atomic E-state index is -0.597. The third-order valence-corrected chi connectivity index (χ3v) is 6.38. The van der Waals surface area contributed by atoms with E-state index in [1.165, 1.54) is 39.4 Å². The molecule has 2 aromatic heterocycles. The Hall–Kier alpha value is -2.84. The zero-order valence-electron chi connectivity index (χ0n) is 15.7. The zero-order chi connectivity index (χ0) is 20.5. The maximum atomic E-state index is 13.5. The summed E-state index contributed by atoms with van der Waals surface area (Å²) in [7, 11) is 0. The number of benzene rings is 1. The highest BCUT2D eigenvalue weighted by molar-refractivity contribution is 7.10. The Morgan fingerprint density at radius 2 is 2.17 bits per heavy atom. The van der Waals surface area contributed by atoms with Gasteiger partial charge in [-0.15, -0.1) is 11.3 Å². The van der Waals surface area contributed by atoms with Crippen molar-refractivity contribution in [3.8, 4) is 0 Å². The van der Waals surface area contributed by atoms with E-state index in [2.05, 4.69) is 4.99 Å². The van der Waals surface area contributed by atoms with E-state index in [0.717, 1.165) is 4.88 Å². The Morgan fingerprint density at radius 1 is 1.34 bits per heavy atom. The average Bonchev–Trinajstić information content (AvgIpc) is 3.30. The summed E-state index contributed by atoms with van der Waals surface area (Å²) in [6, 6.07) is 9.20. The van der Waals surface area contributed by atoms with Gasteiger partial charge in [0, 0.05) is 4.88 Å². The molecule has 0 unspecified atom stereocenters. The van der Waals surface area contributed by atoms with Gasteiger partial charge in [-0.3, -0.25) is 9.36 Å². The molecule has 1 aliphatic rings.